The Morgan fingerprint density at radius 1 is 1.35 bits per heavy atom. The molecule has 5 nitrogen and oxygen atoms in total. The number of rotatable bonds is 7. The molecule has 17 heavy (non-hydrogen) atoms. The first-order valence-electron chi connectivity index (χ1n) is 6.07. The van der Waals surface area contributed by atoms with E-state index in [4.69, 9.17) is 9.15 Å². The molecule has 98 valence electrons. The van der Waals surface area contributed by atoms with Crippen molar-refractivity contribution in [3.05, 3.63) is 11.8 Å². The Kier molecular flexibility index (Phi) is 5.08. The van der Waals surface area contributed by atoms with Crippen LogP contribution in [-0.2, 0) is 16.8 Å². The molecule has 0 saturated carbocycles. The molecule has 0 saturated heterocycles. The van der Waals surface area contributed by atoms with Crippen LogP contribution in [0.3, 0.4) is 0 Å². The van der Waals surface area contributed by atoms with Crippen LogP contribution in [0.1, 0.15) is 45.9 Å². The van der Waals surface area contributed by atoms with Crippen LogP contribution < -0.4 is 5.32 Å². The van der Waals surface area contributed by atoms with Crippen LogP contribution in [0.5, 0.6) is 0 Å². The van der Waals surface area contributed by atoms with Crippen LogP contribution in [-0.4, -0.2) is 29.9 Å². The van der Waals surface area contributed by atoms with Crippen LogP contribution >= 0.6 is 0 Å². The van der Waals surface area contributed by atoms with Gasteiger partial charge in [-0.15, -0.1) is 10.2 Å². The topological polar surface area (TPSA) is 60.2 Å². The second kappa shape index (κ2) is 6.12. The number of nitrogens with one attached hydrogen (secondary N) is 1. The third-order valence-corrected chi connectivity index (χ3v) is 2.61. The van der Waals surface area contributed by atoms with Crippen LogP contribution in [0.25, 0.3) is 0 Å². The lowest BCUT2D eigenvalue weighted by atomic mass is 10.1. The van der Waals surface area contributed by atoms with Crippen molar-refractivity contribution in [3.63, 3.8) is 0 Å². The van der Waals surface area contributed by atoms with Crippen LogP contribution in [0.15, 0.2) is 4.42 Å². The highest BCUT2D eigenvalue weighted by molar-refractivity contribution is 4.93. The van der Waals surface area contributed by atoms with E-state index in [-0.39, 0.29) is 0 Å². The molecule has 5 heteroatoms. The second-order valence-corrected chi connectivity index (χ2v) is 4.93. The van der Waals surface area contributed by atoms with Gasteiger partial charge in [0.2, 0.25) is 11.8 Å². The predicted octanol–water partition coefficient (Wildman–Crippen LogP) is 1.88. The summed E-state index contributed by atoms with van der Waals surface area (Å²) < 4.78 is 10.9. The van der Waals surface area contributed by atoms with Gasteiger partial charge >= 0.3 is 0 Å². The van der Waals surface area contributed by atoms with Crippen molar-refractivity contribution in [1.82, 2.24) is 15.5 Å². The van der Waals surface area contributed by atoms with Crippen LogP contribution in [0.2, 0.25) is 0 Å². The van der Waals surface area contributed by atoms with Crippen LogP contribution in [0.4, 0.5) is 0 Å². The first-order valence-corrected chi connectivity index (χ1v) is 6.07. The highest BCUT2D eigenvalue weighted by Crippen LogP contribution is 2.22. The van der Waals surface area contributed by atoms with Crippen molar-refractivity contribution in [2.75, 3.05) is 13.7 Å². The molecule has 0 radical (unpaired) electrons. The monoisotopic (exact) mass is 241 g/mol. The standard InChI is InChI=1S/C12H23N3O2/c1-9(2)13-8-6-7-10-14-15-11(17-10)12(3,4)16-5/h9,13H,6-8H2,1-5H3. The number of hydrogen-bond acceptors (Lipinski definition) is 5. The lowest BCUT2D eigenvalue weighted by Crippen LogP contribution is -2.23. The zero-order valence-electron chi connectivity index (χ0n) is 11.4. The summed E-state index contributed by atoms with van der Waals surface area (Å²) in [5, 5.41) is 11.4. The molecule has 0 atom stereocenters. The van der Waals surface area contributed by atoms with Gasteiger partial charge in [-0.25, -0.2) is 0 Å². The molecule has 0 amide bonds. The molecule has 1 aromatic rings. The maximum absolute atomic E-state index is 5.57. The summed E-state index contributed by atoms with van der Waals surface area (Å²) in [4.78, 5) is 0. The van der Waals surface area contributed by atoms with E-state index in [1.807, 2.05) is 13.8 Å². The fourth-order valence-electron chi connectivity index (χ4n) is 1.32. The predicted molar refractivity (Wildman–Crippen MR) is 65.8 cm³/mol. The smallest absolute Gasteiger partial charge is 0.247 e. The van der Waals surface area contributed by atoms with Crippen molar-refractivity contribution in [2.45, 2.75) is 52.2 Å². The van der Waals surface area contributed by atoms with Crippen molar-refractivity contribution in [1.29, 1.82) is 0 Å². The van der Waals surface area contributed by atoms with Crippen LogP contribution in [0, 0.1) is 0 Å². The molecule has 1 N–H and O–H groups in total. The molecule has 0 aliphatic carbocycles. The van der Waals surface area contributed by atoms with Gasteiger partial charge in [-0.3, -0.25) is 0 Å². The fourth-order valence-corrected chi connectivity index (χ4v) is 1.32. The lowest BCUT2D eigenvalue weighted by Gasteiger charge is -2.17. The molecular formula is C12H23N3O2. The first-order chi connectivity index (χ1) is 7.95. The molecule has 0 unspecified atom stereocenters. The van der Waals surface area contributed by atoms with Crippen molar-refractivity contribution >= 4 is 0 Å². The average Bonchev–Trinajstić information content (AvgIpc) is 2.73. The number of aryl methyl sites for hydroxylation is 1. The Morgan fingerprint density at radius 2 is 2.06 bits per heavy atom. The van der Waals surface area contributed by atoms with Gasteiger partial charge in [0, 0.05) is 19.6 Å². The normalized spacial score (nSPS) is 12.4. The van der Waals surface area contributed by atoms with E-state index in [0.717, 1.165) is 19.4 Å². The summed E-state index contributed by atoms with van der Waals surface area (Å²) in [6.45, 7) is 9.04. The molecule has 0 aliphatic heterocycles. The summed E-state index contributed by atoms with van der Waals surface area (Å²) in [5.41, 5.74) is -0.512. The molecule has 0 fully saturated rings. The minimum Gasteiger partial charge on any atom is -0.422 e. The Bertz CT molecular complexity index is 334. The van der Waals surface area contributed by atoms with E-state index in [1.54, 1.807) is 7.11 Å². The van der Waals surface area contributed by atoms with E-state index in [0.29, 0.717) is 17.8 Å². The Labute approximate surface area is 103 Å². The zero-order valence-corrected chi connectivity index (χ0v) is 11.4. The first kappa shape index (κ1) is 14.1. The SMILES string of the molecule is COC(C)(C)c1nnc(CCCNC(C)C)o1. The van der Waals surface area contributed by atoms with Gasteiger partial charge in [0.05, 0.1) is 0 Å². The van der Waals surface area contributed by atoms with Gasteiger partial charge in [-0.2, -0.15) is 0 Å². The third kappa shape index (κ3) is 4.44. The Hall–Kier alpha value is -0.940. The third-order valence-electron chi connectivity index (χ3n) is 2.61. The fraction of sp³-hybridized carbons (Fsp3) is 0.833. The lowest BCUT2D eigenvalue weighted by molar-refractivity contribution is -0.00453. The summed E-state index contributed by atoms with van der Waals surface area (Å²) in [7, 11) is 1.64. The molecule has 1 heterocycles. The molecule has 0 spiro atoms. The summed E-state index contributed by atoms with van der Waals surface area (Å²) in [6.07, 6.45) is 1.79. The molecule has 0 aliphatic rings. The molecule has 1 aromatic heterocycles. The van der Waals surface area contributed by atoms with E-state index in [1.165, 1.54) is 0 Å². The van der Waals surface area contributed by atoms with E-state index >= 15 is 0 Å². The number of ether oxygens (including phenoxy) is 1. The van der Waals surface area contributed by atoms with E-state index in [9.17, 15) is 0 Å². The van der Waals surface area contributed by atoms with Crippen molar-refractivity contribution in [3.8, 4) is 0 Å². The quantitative estimate of drug-likeness (QED) is 0.739. The van der Waals surface area contributed by atoms with E-state index < -0.39 is 5.60 Å². The summed E-state index contributed by atoms with van der Waals surface area (Å²) in [6, 6.07) is 0.515. The largest absolute Gasteiger partial charge is 0.422 e. The maximum Gasteiger partial charge on any atom is 0.247 e. The van der Waals surface area contributed by atoms with Crippen molar-refractivity contribution < 1.29 is 9.15 Å². The van der Waals surface area contributed by atoms with Gasteiger partial charge in [0.25, 0.3) is 0 Å². The molecule has 0 bridgehead atoms. The molecule has 1 rings (SSSR count). The number of hydrogen-bond donors (Lipinski definition) is 1. The summed E-state index contributed by atoms with van der Waals surface area (Å²) >= 11 is 0. The number of aromatic nitrogens is 2. The number of methoxy groups -OCH3 is 1. The Balaban J connectivity index is 2.41. The van der Waals surface area contributed by atoms with Gasteiger partial charge in [0.1, 0.15) is 5.60 Å². The number of nitrogens with zero attached hydrogens (tertiary/aromatic N) is 2. The molecule has 0 aromatic carbocycles. The van der Waals surface area contributed by atoms with Gasteiger partial charge < -0.3 is 14.5 Å². The van der Waals surface area contributed by atoms with Gasteiger partial charge in [0.15, 0.2) is 0 Å². The van der Waals surface area contributed by atoms with Gasteiger partial charge in [-0.05, 0) is 26.8 Å². The molecular weight excluding hydrogens is 218 g/mol. The maximum atomic E-state index is 5.57. The van der Waals surface area contributed by atoms with Crippen molar-refractivity contribution in [2.24, 2.45) is 0 Å². The Morgan fingerprint density at radius 3 is 2.65 bits per heavy atom. The zero-order chi connectivity index (χ0) is 12.9. The average molecular weight is 241 g/mol. The van der Waals surface area contributed by atoms with E-state index in [2.05, 4.69) is 29.4 Å². The minimum absolute atomic E-state index is 0.512. The highest BCUT2D eigenvalue weighted by Gasteiger charge is 2.26. The van der Waals surface area contributed by atoms with Gasteiger partial charge in [-0.1, -0.05) is 13.8 Å². The highest BCUT2D eigenvalue weighted by atomic mass is 16.5. The summed E-state index contributed by atoms with van der Waals surface area (Å²) in [5.74, 6) is 1.21. The minimum atomic E-state index is -0.512. The second-order valence-electron chi connectivity index (χ2n) is 4.93.